The van der Waals surface area contributed by atoms with Gasteiger partial charge in [-0.2, -0.15) is 0 Å². The Kier molecular flexibility index (Phi) is 4.59. The number of hydrogen-bond donors (Lipinski definition) is 0. The van der Waals surface area contributed by atoms with Crippen LogP contribution in [-0.2, 0) is 16.6 Å². The molecule has 0 spiro atoms. The number of carbonyl (C=O) groups is 1. The Morgan fingerprint density at radius 2 is 1.78 bits per heavy atom. The normalized spacial score (nSPS) is 11.9. The largest absolute Gasteiger partial charge is 0.457 e. The summed E-state index contributed by atoms with van der Waals surface area (Å²) in [5.41, 5.74) is 1.30. The van der Waals surface area contributed by atoms with E-state index in [1.165, 1.54) is 12.2 Å². The van der Waals surface area contributed by atoms with Crippen LogP contribution in [0.4, 0.5) is 0 Å². The fourth-order valence-electron chi connectivity index (χ4n) is 2.27. The molecule has 122 valence electrons. The van der Waals surface area contributed by atoms with Crippen LogP contribution in [0.15, 0.2) is 41.2 Å². The lowest BCUT2D eigenvalue weighted by Gasteiger charge is -2.17. The van der Waals surface area contributed by atoms with Gasteiger partial charge in [-0.25, -0.2) is 9.48 Å². The van der Waals surface area contributed by atoms with E-state index in [2.05, 4.69) is 0 Å². The Morgan fingerprint density at radius 1 is 1.17 bits per heavy atom. The number of ether oxygens (including phenoxy) is 1. The Labute approximate surface area is 135 Å². The summed E-state index contributed by atoms with van der Waals surface area (Å²) in [7, 11) is 1.81. The van der Waals surface area contributed by atoms with Crippen LogP contribution < -0.4 is 5.56 Å². The zero-order chi connectivity index (χ0) is 17.2. The topological polar surface area (TPSA) is 53.2 Å². The monoisotopic (exact) mass is 314 g/mol. The second kappa shape index (κ2) is 6.28. The number of nitrogens with zero attached hydrogens (tertiary/aromatic N) is 2. The second-order valence-electron chi connectivity index (χ2n) is 6.34. The van der Waals surface area contributed by atoms with E-state index in [0.717, 1.165) is 11.4 Å². The molecule has 0 fully saturated rings. The SMILES string of the molecule is Cc1c(/C=C/C(=O)OC(C)(C)C)c(=O)n(-c2ccccc2)n1C. The van der Waals surface area contributed by atoms with E-state index in [1.807, 2.05) is 44.3 Å². The average molecular weight is 314 g/mol. The molecule has 0 saturated heterocycles. The molecule has 0 N–H and O–H groups in total. The Balaban J connectivity index is 2.39. The summed E-state index contributed by atoms with van der Waals surface area (Å²) in [6.07, 6.45) is 2.81. The van der Waals surface area contributed by atoms with E-state index in [1.54, 1.807) is 30.1 Å². The van der Waals surface area contributed by atoms with Crippen LogP contribution in [-0.4, -0.2) is 20.9 Å². The van der Waals surface area contributed by atoms with Gasteiger partial charge >= 0.3 is 5.97 Å². The van der Waals surface area contributed by atoms with Gasteiger partial charge < -0.3 is 4.74 Å². The van der Waals surface area contributed by atoms with Gasteiger partial charge in [0.25, 0.3) is 5.56 Å². The Bertz CT molecular complexity index is 790. The summed E-state index contributed by atoms with van der Waals surface area (Å²) in [4.78, 5) is 24.4. The van der Waals surface area contributed by atoms with Gasteiger partial charge in [0.15, 0.2) is 0 Å². The summed E-state index contributed by atoms with van der Waals surface area (Å²) < 4.78 is 8.56. The third-order valence-electron chi connectivity index (χ3n) is 3.39. The summed E-state index contributed by atoms with van der Waals surface area (Å²) in [6.45, 7) is 7.24. The number of rotatable bonds is 3. The van der Waals surface area contributed by atoms with Crippen molar-refractivity contribution in [2.75, 3.05) is 0 Å². The van der Waals surface area contributed by atoms with E-state index >= 15 is 0 Å². The molecule has 0 aliphatic carbocycles. The standard InChI is InChI=1S/C18H22N2O3/c1-13-15(11-12-16(21)23-18(2,3)4)17(22)20(19(13)5)14-9-7-6-8-10-14/h6-12H,1-5H3/b12-11+. The van der Waals surface area contributed by atoms with E-state index in [0.29, 0.717) is 5.56 Å². The van der Waals surface area contributed by atoms with Crippen LogP contribution in [0, 0.1) is 6.92 Å². The van der Waals surface area contributed by atoms with Crippen molar-refractivity contribution >= 4 is 12.0 Å². The minimum absolute atomic E-state index is 0.170. The summed E-state index contributed by atoms with van der Waals surface area (Å²) >= 11 is 0. The maximum Gasteiger partial charge on any atom is 0.331 e. The van der Waals surface area contributed by atoms with Crippen LogP contribution in [0.1, 0.15) is 32.0 Å². The molecule has 1 aromatic heterocycles. The molecule has 0 atom stereocenters. The summed E-state index contributed by atoms with van der Waals surface area (Å²) in [5, 5.41) is 0. The minimum atomic E-state index is -0.558. The summed E-state index contributed by atoms with van der Waals surface area (Å²) in [5.74, 6) is -0.466. The van der Waals surface area contributed by atoms with Crippen molar-refractivity contribution in [3.63, 3.8) is 0 Å². The van der Waals surface area contributed by atoms with E-state index in [-0.39, 0.29) is 5.56 Å². The van der Waals surface area contributed by atoms with Gasteiger partial charge in [-0.05, 0) is 45.9 Å². The average Bonchev–Trinajstić information content (AvgIpc) is 2.66. The molecule has 2 aromatic rings. The second-order valence-corrected chi connectivity index (χ2v) is 6.34. The molecular formula is C18H22N2O3. The molecule has 0 saturated carbocycles. The van der Waals surface area contributed by atoms with Crippen molar-refractivity contribution in [1.29, 1.82) is 0 Å². The molecule has 1 heterocycles. The zero-order valence-electron chi connectivity index (χ0n) is 14.2. The number of para-hydroxylation sites is 1. The highest BCUT2D eigenvalue weighted by atomic mass is 16.6. The number of carbonyl (C=O) groups excluding carboxylic acids is 1. The third-order valence-corrected chi connectivity index (χ3v) is 3.39. The Hall–Kier alpha value is -2.56. The quantitative estimate of drug-likeness (QED) is 0.646. The lowest BCUT2D eigenvalue weighted by Crippen LogP contribution is -2.22. The van der Waals surface area contributed by atoms with Gasteiger partial charge in [0.05, 0.1) is 11.3 Å². The lowest BCUT2D eigenvalue weighted by atomic mass is 10.2. The maximum absolute atomic E-state index is 12.6. The van der Waals surface area contributed by atoms with Crippen LogP contribution in [0.25, 0.3) is 11.8 Å². The molecule has 2 rings (SSSR count). The lowest BCUT2D eigenvalue weighted by molar-refractivity contribution is -0.148. The predicted octanol–water partition coefficient (Wildman–Crippen LogP) is 2.84. The molecule has 0 radical (unpaired) electrons. The van der Waals surface area contributed by atoms with E-state index < -0.39 is 11.6 Å². The van der Waals surface area contributed by atoms with Gasteiger partial charge in [-0.15, -0.1) is 0 Å². The van der Waals surface area contributed by atoms with Gasteiger partial charge in [-0.1, -0.05) is 18.2 Å². The maximum atomic E-state index is 12.6. The van der Waals surface area contributed by atoms with Crippen molar-refractivity contribution < 1.29 is 9.53 Å². The van der Waals surface area contributed by atoms with Gasteiger partial charge in [-0.3, -0.25) is 9.48 Å². The first kappa shape index (κ1) is 16.8. The number of aromatic nitrogens is 2. The molecule has 1 aromatic carbocycles. The first-order valence-electron chi connectivity index (χ1n) is 7.46. The Morgan fingerprint density at radius 3 is 2.35 bits per heavy atom. The van der Waals surface area contributed by atoms with E-state index in [4.69, 9.17) is 4.74 Å². The van der Waals surface area contributed by atoms with Crippen molar-refractivity contribution in [1.82, 2.24) is 9.36 Å². The first-order chi connectivity index (χ1) is 10.7. The van der Waals surface area contributed by atoms with Crippen molar-refractivity contribution in [2.45, 2.75) is 33.3 Å². The molecule has 23 heavy (non-hydrogen) atoms. The predicted molar refractivity (Wildman–Crippen MR) is 90.6 cm³/mol. The molecule has 0 aliphatic heterocycles. The molecule has 0 amide bonds. The molecule has 0 aliphatic rings. The van der Waals surface area contributed by atoms with Crippen molar-refractivity contribution in [3.8, 4) is 5.69 Å². The smallest absolute Gasteiger partial charge is 0.331 e. The number of esters is 1. The fraction of sp³-hybridized carbons (Fsp3) is 0.333. The third kappa shape index (κ3) is 3.80. The summed E-state index contributed by atoms with van der Waals surface area (Å²) in [6, 6.07) is 9.37. The fourth-order valence-corrected chi connectivity index (χ4v) is 2.27. The molecule has 0 bridgehead atoms. The highest BCUT2D eigenvalue weighted by Crippen LogP contribution is 2.12. The minimum Gasteiger partial charge on any atom is -0.457 e. The van der Waals surface area contributed by atoms with Gasteiger partial charge in [0.1, 0.15) is 5.60 Å². The molecular weight excluding hydrogens is 292 g/mol. The highest BCUT2D eigenvalue weighted by molar-refractivity contribution is 5.87. The van der Waals surface area contributed by atoms with Gasteiger partial charge in [0, 0.05) is 18.8 Å². The van der Waals surface area contributed by atoms with Crippen LogP contribution >= 0.6 is 0 Å². The van der Waals surface area contributed by atoms with Crippen molar-refractivity contribution in [3.05, 3.63) is 58.0 Å². The highest BCUT2D eigenvalue weighted by Gasteiger charge is 2.16. The molecule has 5 heteroatoms. The van der Waals surface area contributed by atoms with Gasteiger partial charge in [0.2, 0.25) is 0 Å². The molecule has 5 nitrogen and oxygen atoms in total. The van der Waals surface area contributed by atoms with Crippen LogP contribution in [0.5, 0.6) is 0 Å². The zero-order valence-corrected chi connectivity index (χ0v) is 14.2. The van der Waals surface area contributed by atoms with Crippen LogP contribution in [0.2, 0.25) is 0 Å². The number of benzene rings is 1. The number of hydrogen-bond acceptors (Lipinski definition) is 3. The first-order valence-corrected chi connectivity index (χ1v) is 7.46. The van der Waals surface area contributed by atoms with Crippen LogP contribution in [0.3, 0.4) is 0 Å². The molecule has 0 unspecified atom stereocenters. The van der Waals surface area contributed by atoms with E-state index in [9.17, 15) is 9.59 Å². The van der Waals surface area contributed by atoms with Crippen molar-refractivity contribution in [2.24, 2.45) is 7.05 Å².